The number of piperazine rings is 1. The lowest BCUT2D eigenvalue weighted by Gasteiger charge is -2.36. The van der Waals surface area contributed by atoms with Crippen LogP contribution in [0.2, 0.25) is 0 Å². The number of amides is 1. The molecule has 35 heavy (non-hydrogen) atoms. The van der Waals surface area contributed by atoms with E-state index in [1.54, 1.807) is 24.5 Å². The number of hydrogen-bond donors (Lipinski definition) is 1. The lowest BCUT2D eigenvalue weighted by atomic mass is 9.87. The van der Waals surface area contributed by atoms with Gasteiger partial charge in [-0.15, -0.1) is 0 Å². The van der Waals surface area contributed by atoms with E-state index in [0.29, 0.717) is 17.8 Å². The van der Waals surface area contributed by atoms with Crippen LogP contribution in [0.5, 0.6) is 0 Å². The number of fused-ring (bicyclic) bond motifs is 3. The van der Waals surface area contributed by atoms with Gasteiger partial charge >= 0.3 is 0 Å². The van der Waals surface area contributed by atoms with Gasteiger partial charge in [-0.05, 0) is 24.9 Å². The molecule has 186 valence electrons. The van der Waals surface area contributed by atoms with Crippen LogP contribution in [0.3, 0.4) is 0 Å². The molecule has 3 aliphatic heterocycles. The van der Waals surface area contributed by atoms with Crippen LogP contribution >= 0.6 is 0 Å². The van der Waals surface area contributed by atoms with Crippen molar-refractivity contribution in [2.24, 2.45) is 15.9 Å². The number of amidine groups is 1. The molecule has 3 heterocycles. The molecule has 7 nitrogen and oxygen atoms in total. The van der Waals surface area contributed by atoms with E-state index in [1.165, 1.54) is 44.6 Å². The van der Waals surface area contributed by atoms with E-state index in [9.17, 15) is 9.18 Å². The largest absolute Gasteiger partial charge is 0.339 e. The predicted octanol–water partition coefficient (Wildman–Crippen LogP) is 3.09. The maximum Gasteiger partial charge on any atom is 0.236 e. The number of rotatable bonds is 7. The average molecular weight is 479 g/mol. The molecular weight excluding hydrogens is 443 g/mol. The summed E-state index contributed by atoms with van der Waals surface area (Å²) in [5.41, 5.74) is -0.813. The van der Waals surface area contributed by atoms with Gasteiger partial charge in [0, 0.05) is 50.6 Å². The van der Waals surface area contributed by atoms with Gasteiger partial charge in [-0.1, -0.05) is 50.3 Å². The number of halogens is 1. The highest BCUT2D eigenvalue weighted by molar-refractivity contribution is 6.31. The van der Waals surface area contributed by atoms with Crippen molar-refractivity contribution in [3.8, 4) is 0 Å². The molecule has 2 atom stereocenters. The molecule has 1 N–H and O–H groups in total. The highest BCUT2D eigenvalue weighted by atomic mass is 19.1. The van der Waals surface area contributed by atoms with Crippen molar-refractivity contribution in [1.82, 2.24) is 20.0 Å². The van der Waals surface area contributed by atoms with Gasteiger partial charge in [0.1, 0.15) is 22.9 Å². The van der Waals surface area contributed by atoms with Gasteiger partial charge in [-0.3, -0.25) is 25.0 Å². The summed E-state index contributed by atoms with van der Waals surface area (Å²) in [5, 5.41) is 3.50. The third kappa shape index (κ3) is 4.00. The first-order valence-corrected chi connectivity index (χ1v) is 13.2. The number of carbonyl (C=O) groups excluding carboxylic acids is 1. The number of carbonyl (C=O) groups is 1. The van der Waals surface area contributed by atoms with Crippen LogP contribution in [-0.4, -0.2) is 77.6 Å². The van der Waals surface area contributed by atoms with Crippen LogP contribution in [0.15, 0.2) is 46.7 Å². The van der Waals surface area contributed by atoms with Crippen molar-refractivity contribution in [2.75, 3.05) is 39.3 Å². The second kappa shape index (κ2) is 9.13. The van der Waals surface area contributed by atoms with E-state index < -0.39 is 11.2 Å². The summed E-state index contributed by atoms with van der Waals surface area (Å²) in [6.45, 7) is 4.80. The fraction of sp³-hybridized carbons (Fsp3) is 0.593. The van der Waals surface area contributed by atoms with Gasteiger partial charge in [-0.2, -0.15) is 0 Å². The number of nitrogens with one attached hydrogen (secondary N) is 1. The quantitative estimate of drug-likeness (QED) is 0.654. The van der Waals surface area contributed by atoms with Gasteiger partial charge in [0.25, 0.3) is 0 Å². The first kappa shape index (κ1) is 22.9. The molecule has 1 amide bonds. The molecule has 1 saturated heterocycles. The monoisotopic (exact) mass is 478 g/mol. The Kier molecular flexibility index (Phi) is 5.96. The third-order valence-electron chi connectivity index (χ3n) is 8.68. The number of benzene rings is 1. The van der Waals surface area contributed by atoms with Crippen molar-refractivity contribution in [3.05, 3.63) is 48.0 Å². The van der Waals surface area contributed by atoms with Crippen molar-refractivity contribution in [1.29, 1.82) is 0 Å². The zero-order valence-electron chi connectivity index (χ0n) is 20.3. The summed E-state index contributed by atoms with van der Waals surface area (Å²) in [4.78, 5) is 28.8. The molecule has 3 fully saturated rings. The number of nitrogens with zero attached hydrogens (tertiary/aromatic N) is 5. The first-order chi connectivity index (χ1) is 17.1. The van der Waals surface area contributed by atoms with E-state index >= 15 is 0 Å². The molecule has 1 aromatic rings. The van der Waals surface area contributed by atoms with Crippen LogP contribution in [0.4, 0.5) is 4.39 Å². The topological polar surface area (TPSA) is 63.5 Å². The van der Waals surface area contributed by atoms with Gasteiger partial charge in [-0.25, -0.2) is 4.39 Å². The predicted molar refractivity (Wildman–Crippen MR) is 135 cm³/mol. The van der Waals surface area contributed by atoms with Gasteiger partial charge in [0.15, 0.2) is 0 Å². The fourth-order valence-corrected chi connectivity index (χ4v) is 6.56. The summed E-state index contributed by atoms with van der Waals surface area (Å²) in [5.74, 6) is 1.43. The minimum Gasteiger partial charge on any atom is -0.339 e. The van der Waals surface area contributed by atoms with E-state index in [4.69, 9.17) is 4.99 Å². The normalized spacial score (nSPS) is 30.3. The highest BCUT2D eigenvalue weighted by Crippen LogP contribution is 2.64. The van der Waals surface area contributed by atoms with Crippen LogP contribution in [0.25, 0.3) is 0 Å². The van der Waals surface area contributed by atoms with Crippen LogP contribution in [0, 0.1) is 11.7 Å². The Morgan fingerprint density at radius 1 is 1.11 bits per heavy atom. The fourth-order valence-electron chi connectivity index (χ4n) is 6.56. The maximum atomic E-state index is 14.8. The zero-order valence-corrected chi connectivity index (χ0v) is 20.3. The number of hydrogen-bond acceptors (Lipinski definition) is 6. The summed E-state index contributed by atoms with van der Waals surface area (Å²) in [6.07, 6.45) is 14.2. The standard InChI is InChI=1S/C27H35FN6O/c28-23-9-5-4-8-22(23)26-20-27(26,34-13-11-29-18-24(34)31-26)30-19-25(35)33-16-14-32(15-17-33)12-10-21-6-2-1-3-7-21/h4-5,8-9,11,13,18,21,30H,1-3,6-7,10,12,14-17,19-20H2. The van der Waals surface area contributed by atoms with Crippen LogP contribution in [0.1, 0.15) is 50.5 Å². The van der Waals surface area contributed by atoms with Gasteiger partial charge in [0.05, 0.1) is 12.8 Å². The molecule has 2 saturated carbocycles. The molecule has 8 heteroatoms. The Labute approximate surface area is 206 Å². The third-order valence-corrected chi connectivity index (χ3v) is 8.68. The summed E-state index contributed by atoms with van der Waals surface area (Å²) in [7, 11) is 0. The Balaban J connectivity index is 1.06. The van der Waals surface area contributed by atoms with Crippen molar-refractivity contribution >= 4 is 18.0 Å². The Morgan fingerprint density at radius 3 is 2.71 bits per heavy atom. The lowest BCUT2D eigenvalue weighted by molar-refractivity contribution is -0.132. The van der Waals surface area contributed by atoms with E-state index in [2.05, 4.69) is 15.2 Å². The van der Waals surface area contributed by atoms with E-state index in [-0.39, 0.29) is 18.3 Å². The molecule has 0 aromatic heterocycles. The van der Waals surface area contributed by atoms with Crippen molar-refractivity contribution < 1.29 is 9.18 Å². The Morgan fingerprint density at radius 2 is 1.91 bits per heavy atom. The molecule has 0 bridgehead atoms. The molecule has 6 rings (SSSR count). The second-order valence-corrected chi connectivity index (χ2v) is 10.7. The second-order valence-electron chi connectivity index (χ2n) is 10.7. The minimum atomic E-state index is -0.744. The SMILES string of the molecule is O=C(CNC12CC1(c1ccccc1F)N=C1C=NC=CN12)N1CCN(CCC2CCCCC2)CC1. The lowest BCUT2D eigenvalue weighted by Crippen LogP contribution is -2.55. The van der Waals surface area contributed by atoms with Gasteiger partial charge < -0.3 is 9.80 Å². The highest BCUT2D eigenvalue weighted by Gasteiger charge is 2.76. The van der Waals surface area contributed by atoms with E-state index in [0.717, 1.165) is 38.6 Å². The maximum absolute atomic E-state index is 14.8. The van der Waals surface area contributed by atoms with E-state index in [1.807, 2.05) is 22.1 Å². The molecule has 0 spiro atoms. The Bertz CT molecular complexity index is 1060. The van der Waals surface area contributed by atoms with Crippen molar-refractivity contribution in [2.45, 2.75) is 56.1 Å². The van der Waals surface area contributed by atoms with Crippen molar-refractivity contribution in [3.63, 3.8) is 0 Å². The molecule has 2 aliphatic carbocycles. The Hall–Kier alpha value is -2.58. The van der Waals surface area contributed by atoms with Crippen LogP contribution < -0.4 is 5.32 Å². The molecule has 1 aromatic carbocycles. The summed E-state index contributed by atoms with van der Waals surface area (Å²) >= 11 is 0. The first-order valence-electron chi connectivity index (χ1n) is 13.2. The van der Waals surface area contributed by atoms with Gasteiger partial charge in [0.2, 0.25) is 5.91 Å². The van der Waals surface area contributed by atoms with Crippen LogP contribution in [-0.2, 0) is 10.3 Å². The molecule has 5 aliphatic rings. The zero-order chi connectivity index (χ0) is 23.9. The summed E-state index contributed by atoms with van der Waals surface area (Å²) < 4.78 is 14.8. The molecule has 2 unspecified atom stereocenters. The molecule has 0 radical (unpaired) electrons. The number of aliphatic imine (C=N–C) groups is 2. The average Bonchev–Trinajstić information content (AvgIpc) is 3.47. The summed E-state index contributed by atoms with van der Waals surface area (Å²) in [6, 6.07) is 6.82. The smallest absolute Gasteiger partial charge is 0.236 e. The molecular formula is C27H35FN6O. The minimum absolute atomic E-state index is 0.101.